The van der Waals surface area contributed by atoms with Gasteiger partial charge in [0.15, 0.2) is 0 Å². The van der Waals surface area contributed by atoms with Gasteiger partial charge in [0.25, 0.3) is 5.91 Å². The van der Waals surface area contributed by atoms with Gasteiger partial charge in [0.2, 0.25) is 5.91 Å². The van der Waals surface area contributed by atoms with Crippen molar-refractivity contribution in [2.24, 2.45) is 23.2 Å². The van der Waals surface area contributed by atoms with E-state index >= 15 is 0 Å². The van der Waals surface area contributed by atoms with Crippen LogP contribution in [0.25, 0.3) is 22.2 Å². The molecule has 0 unspecified atom stereocenters. The zero-order valence-corrected chi connectivity index (χ0v) is 20.8. The van der Waals surface area contributed by atoms with Crippen LogP contribution in [-0.2, 0) is 4.79 Å². The number of fused-ring (bicyclic) bond motifs is 1. The van der Waals surface area contributed by atoms with E-state index in [-0.39, 0.29) is 17.2 Å². The molecule has 4 saturated carbocycles. The van der Waals surface area contributed by atoms with Crippen molar-refractivity contribution in [1.29, 1.82) is 0 Å². The predicted octanol–water partition coefficient (Wildman–Crippen LogP) is 7.24. The van der Waals surface area contributed by atoms with Gasteiger partial charge in [0.05, 0.1) is 5.41 Å². The molecule has 4 bridgehead atoms. The number of anilines is 2. The van der Waals surface area contributed by atoms with E-state index in [1.807, 2.05) is 48.5 Å². The lowest BCUT2D eigenvalue weighted by atomic mass is 9.49. The molecule has 3 N–H and O–H groups in total. The summed E-state index contributed by atoms with van der Waals surface area (Å²) in [6, 6.07) is 25.3. The highest BCUT2D eigenvalue weighted by atomic mass is 16.2. The lowest BCUT2D eigenvalue weighted by molar-refractivity contribution is -0.140. The van der Waals surface area contributed by atoms with E-state index in [2.05, 4.69) is 33.8 Å². The molecule has 4 aliphatic rings. The number of aromatic nitrogens is 1. The Balaban J connectivity index is 1.05. The van der Waals surface area contributed by atoms with Crippen LogP contribution in [-0.4, -0.2) is 16.8 Å². The van der Waals surface area contributed by atoms with Crippen molar-refractivity contribution in [3.63, 3.8) is 0 Å². The largest absolute Gasteiger partial charge is 0.355 e. The van der Waals surface area contributed by atoms with Gasteiger partial charge in [-0.3, -0.25) is 9.59 Å². The molecule has 2 amide bonds. The molecule has 37 heavy (non-hydrogen) atoms. The molecule has 186 valence electrons. The minimum atomic E-state index is -0.141. The van der Waals surface area contributed by atoms with Crippen molar-refractivity contribution in [1.82, 2.24) is 4.98 Å². The molecule has 5 heteroatoms. The van der Waals surface area contributed by atoms with Crippen LogP contribution in [0.1, 0.15) is 48.9 Å². The number of carbonyl (C=O) groups excluding carboxylic acids is 2. The van der Waals surface area contributed by atoms with Crippen molar-refractivity contribution < 1.29 is 9.59 Å². The van der Waals surface area contributed by atoms with Crippen molar-refractivity contribution in [3.8, 4) is 11.3 Å². The number of nitrogens with one attached hydrogen (secondary N) is 3. The zero-order chi connectivity index (χ0) is 25.0. The van der Waals surface area contributed by atoms with Crippen molar-refractivity contribution in [2.45, 2.75) is 38.5 Å². The van der Waals surface area contributed by atoms with Crippen molar-refractivity contribution >= 4 is 34.1 Å². The van der Waals surface area contributed by atoms with Gasteiger partial charge in [-0.15, -0.1) is 0 Å². The van der Waals surface area contributed by atoms with E-state index < -0.39 is 0 Å². The highest BCUT2D eigenvalue weighted by Crippen LogP contribution is 2.60. The van der Waals surface area contributed by atoms with Crippen LogP contribution < -0.4 is 10.6 Å². The third-order valence-corrected chi connectivity index (χ3v) is 8.89. The van der Waals surface area contributed by atoms with Crippen LogP contribution in [0.4, 0.5) is 11.4 Å². The smallest absolute Gasteiger partial charge is 0.255 e. The fourth-order valence-corrected chi connectivity index (χ4v) is 7.54. The molecule has 0 spiro atoms. The molecule has 0 atom stereocenters. The molecule has 4 aliphatic carbocycles. The summed E-state index contributed by atoms with van der Waals surface area (Å²) in [6.07, 6.45) is 7.25. The molecule has 0 saturated heterocycles. The number of H-pyrrole nitrogens is 1. The molecule has 1 heterocycles. The van der Waals surface area contributed by atoms with Gasteiger partial charge in [0, 0.05) is 33.5 Å². The number of aromatic amines is 1. The maximum atomic E-state index is 13.4. The van der Waals surface area contributed by atoms with E-state index in [1.165, 1.54) is 19.3 Å². The summed E-state index contributed by atoms with van der Waals surface area (Å²) in [4.78, 5) is 29.4. The van der Waals surface area contributed by atoms with Crippen LogP contribution in [0.5, 0.6) is 0 Å². The molecule has 4 aromatic rings. The highest BCUT2D eigenvalue weighted by molar-refractivity contribution is 6.05. The number of carbonyl (C=O) groups is 2. The standard InChI is InChI=1S/C32H31N3O2/c36-30(24-4-2-1-3-5-24)33-27-10-11-28-25(15-27)16-29(35-28)23-6-8-26(9-7-23)34-31(37)32-17-20-12-21(18-32)14-22(13-20)19-32/h1-11,15-16,20-22,35H,12-14,17-19H2,(H,33,36)(H,34,37). The van der Waals surface area contributed by atoms with Gasteiger partial charge < -0.3 is 15.6 Å². The minimum Gasteiger partial charge on any atom is -0.355 e. The Kier molecular flexibility index (Phi) is 5.20. The lowest BCUT2D eigenvalue weighted by Crippen LogP contribution is -2.51. The fourth-order valence-electron chi connectivity index (χ4n) is 7.54. The van der Waals surface area contributed by atoms with Gasteiger partial charge in [-0.1, -0.05) is 30.3 Å². The summed E-state index contributed by atoms with van der Waals surface area (Å²) >= 11 is 0. The average Bonchev–Trinajstić information content (AvgIpc) is 3.32. The first-order chi connectivity index (χ1) is 18.0. The van der Waals surface area contributed by atoms with Gasteiger partial charge in [-0.05, 0) is 110 Å². The van der Waals surface area contributed by atoms with E-state index in [0.29, 0.717) is 5.56 Å². The number of rotatable bonds is 5. The Morgan fingerprint density at radius 2 is 1.38 bits per heavy atom. The number of hydrogen-bond acceptors (Lipinski definition) is 2. The Labute approximate surface area is 216 Å². The first-order valence-electron chi connectivity index (χ1n) is 13.4. The summed E-state index contributed by atoms with van der Waals surface area (Å²) in [7, 11) is 0. The summed E-state index contributed by atoms with van der Waals surface area (Å²) in [5.74, 6) is 2.38. The Morgan fingerprint density at radius 1 is 0.730 bits per heavy atom. The monoisotopic (exact) mass is 489 g/mol. The van der Waals surface area contributed by atoms with Crippen molar-refractivity contribution in [2.75, 3.05) is 10.6 Å². The maximum absolute atomic E-state index is 13.4. The molecule has 0 aliphatic heterocycles. The van der Waals surface area contributed by atoms with Gasteiger partial charge in [-0.25, -0.2) is 0 Å². The molecule has 8 rings (SSSR count). The highest BCUT2D eigenvalue weighted by Gasteiger charge is 2.54. The molecule has 4 fully saturated rings. The van der Waals surface area contributed by atoms with E-state index in [9.17, 15) is 9.59 Å². The lowest BCUT2D eigenvalue weighted by Gasteiger charge is -2.55. The second-order valence-corrected chi connectivity index (χ2v) is 11.5. The molecular weight excluding hydrogens is 458 g/mol. The second-order valence-electron chi connectivity index (χ2n) is 11.5. The summed E-state index contributed by atoms with van der Waals surface area (Å²) in [5.41, 5.74) is 5.18. The van der Waals surface area contributed by atoms with Crippen molar-refractivity contribution in [3.05, 3.63) is 84.4 Å². The Morgan fingerprint density at radius 3 is 2.05 bits per heavy atom. The Hall–Kier alpha value is -3.86. The molecule has 1 aromatic heterocycles. The summed E-state index contributed by atoms with van der Waals surface area (Å²) in [5, 5.41) is 7.26. The molecular formula is C32H31N3O2. The van der Waals surface area contributed by atoms with Crippen LogP contribution in [0, 0.1) is 23.2 Å². The fraction of sp³-hybridized carbons (Fsp3) is 0.312. The minimum absolute atomic E-state index is 0.123. The normalized spacial score (nSPS) is 25.8. The number of benzene rings is 3. The molecule has 0 radical (unpaired) electrons. The van der Waals surface area contributed by atoms with Gasteiger partial charge in [-0.2, -0.15) is 0 Å². The summed E-state index contributed by atoms with van der Waals surface area (Å²) < 4.78 is 0. The molecule has 3 aromatic carbocycles. The first kappa shape index (κ1) is 22.3. The van der Waals surface area contributed by atoms with Crippen LogP contribution in [0.3, 0.4) is 0 Å². The quantitative estimate of drug-likeness (QED) is 0.276. The van der Waals surface area contributed by atoms with Gasteiger partial charge >= 0.3 is 0 Å². The van der Waals surface area contributed by atoms with Crippen LogP contribution in [0.2, 0.25) is 0 Å². The average molecular weight is 490 g/mol. The van der Waals surface area contributed by atoms with E-state index in [4.69, 9.17) is 0 Å². The topological polar surface area (TPSA) is 74.0 Å². The zero-order valence-electron chi connectivity index (χ0n) is 20.8. The van der Waals surface area contributed by atoms with E-state index in [1.54, 1.807) is 12.1 Å². The third kappa shape index (κ3) is 4.12. The second kappa shape index (κ2) is 8.62. The van der Waals surface area contributed by atoms with Crippen LogP contribution in [0.15, 0.2) is 78.9 Å². The maximum Gasteiger partial charge on any atom is 0.255 e. The number of amides is 2. The third-order valence-electron chi connectivity index (χ3n) is 8.89. The Bertz CT molecular complexity index is 1450. The SMILES string of the molecule is O=C(Nc1ccc2[nH]c(-c3ccc(NC(=O)C45CC6CC(CC(C6)C4)C5)cc3)cc2c1)c1ccccc1. The summed E-state index contributed by atoms with van der Waals surface area (Å²) in [6.45, 7) is 0. The first-order valence-corrected chi connectivity index (χ1v) is 13.4. The predicted molar refractivity (Wildman–Crippen MR) is 147 cm³/mol. The molecule has 5 nitrogen and oxygen atoms in total. The van der Waals surface area contributed by atoms with Gasteiger partial charge in [0.1, 0.15) is 0 Å². The van der Waals surface area contributed by atoms with E-state index in [0.717, 1.165) is 70.6 Å². The number of hydrogen-bond donors (Lipinski definition) is 3. The van der Waals surface area contributed by atoms with Crippen LogP contribution >= 0.6 is 0 Å².